The standard InChI is InChI=1S/C20H23FN4O/c1-13(2)24-11-5-7-18(24)20(26)25-10-4-3-6-17(25)19-22-15-9-8-14(21)12-16(15)23-19/h5,7-9,11-13,17H,3-4,6,10H2,1-2H3,(H,22,23). The second-order valence-electron chi connectivity index (χ2n) is 7.19. The van der Waals surface area contributed by atoms with Gasteiger partial charge >= 0.3 is 0 Å². The molecule has 1 amide bonds. The first kappa shape index (κ1) is 16.8. The summed E-state index contributed by atoms with van der Waals surface area (Å²) < 4.78 is 15.5. The topological polar surface area (TPSA) is 53.9 Å². The van der Waals surface area contributed by atoms with E-state index in [2.05, 4.69) is 23.8 Å². The minimum Gasteiger partial charge on any atom is -0.341 e. The van der Waals surface area contributed by atoms with Crippen molar-refractivity contribution in [3.8, 4) is 0 Å². The maximum absolute atomic E-state index is 13.5. The van der Waals surface area contributed by atoms with Gasteiger partial charge in [0.05, 0.1) is 17.1 Å². The fraction of sp³-hybridized carbons (Fsp3) is 0.400. The number of fused-ring (bicyclic) bond motifs is 1. The molecule has 3 aromatic rings. The molecule has 0 spiro atoms. The van der Waals surface area contributed by atoms with Crippen molar-refractivity contribution in [3.05, 3.63) is 53.9 Å². The highest BCUT2D eigenvalue weighted by Gasteiger charge is 2.32. The Kier molecular flexibility index (Phi) is 4.26. The molecule has 1 atom stereocenters. The Morgan fingerprint density at radius 2 is 2.15 bits per heavy atom. The maximum atomic E-state index is 13.5. The molecule has 136 valence electrons. The van der Waals surface area contributed by atoms with Crippen molar-refractivity contribution < 1.29 is 9.18 Å². The third-order valence-electron chi connectivity index (χ3n) is 5.10. The molecule has 1 N–H and O–H groups in total. The van der Waals surface area contributed by atoms with Crippen molar-refractivity contribution in [3.63, 3.8) is 0 Å². The Morgan fingerprint density at radius 1 is 1.31 bits per heavy atom. The number of nitrogens with zero attached hydrogens (tertiary/aromatic N) is 3. The van der Waals surface area contributed by atoms with E-state index in [9.17, 15) is 9.18 Å². The van der Waals surface area contributed by atoms with Crippen LogP contribution in [0.15, 0.2) is 36.5 Å². The average Bonchev–Trinajstić information content (AvgIpc) is 3.27. The number of likely N-dealkylation sites (tertiary alicyclic amines) is 1. The van der Waals surface area contributed by atoms with Crippen LogP contribution in [0.1, 0.15) is 61.5 Å². The maximum Gasteiger partial charge on any atom is 0.271 e. The summed E-state index contributed by atoms with van der Waals surface area (Å²) in [6.45, 7) is 4.84. The fourth-order valence-electron chi connectivity index (χ4n) is 3.79. The minimum atomic E-state index is -0.293. The molecule has 1 aliphatic rings. The van der Waals surface area contributed by atoms with Crippen LogP contribution >= 0.6 is 0 Å². The lowest BCUT2D eigenvalue weighted by molar-refractivity contribution is 0.0588. The Bertz CT molecular complexity index is 942. The van der Waals surface area contributed by atoms with Crippen molar-refractivity contribution in [2.24, 2.45) is 0 Å². The smallest absolute Gasteiger partial charge is 0.271 e. The molecule has 0 aliphatic carbocycles. The first-order valence-electron chi connectivity index (χ1n) is 9.17. The molecule has 3 heterocycles. The van der Waals surface area contributed by atoms with Crippen molar-refractivity contribution >= 4 is 16.9 Å². The van der Waals surface area contributed by atoms with E-state index in [-0.39, 0.29) is 23.8 Å². The Hall–Kier alpha value is -2.63. The van der Waals surface area contributed by atoms with Crippen molar-refractivity contribution in [2.45, 2.75) is 45.2 Å². The van der Waals surface area contributed by atoms with E-state index in [0.29, 0.717) is 17.8 Å². The van der Waals surface area contributed by atoms with Crippen LogP contribution in [0.3, 0.4) is 0 Å². The largest absolute Gasteiger partial charge is 0.341 e. The highest BCUT2D eigenvalue weighted by atomic mass is 19.1. The predicted octanol–water partition coefficient (Wildman–Crippen LogP) is 4.45. The molecule has 26 heavy (non-hydrogen) atoms. The molecule has 0 radical (unpaired) electrons. The number of halogens is 1. The van der Waals surface area contributed by atoms with E-state index in [1.54, 1.807) is 6.07 Å². The minimum absolute atomic E-state index is 0.0278. The number of hydrogen-bond acceptors (Lipinski definition) is 2. The van der Waals surface area contributed by atoms with E-state index in [1.165, 1.54) is 12.1 Å². The number of H-pyrrole nitrogens is 1. The number of benzene rings is 1. The molecule has 1 fully saturated rings. The molecule has 2 aromatic heterocycles. The third-order valence-corrected chi connectivity index (χ3v) is 5.10. The molecule has 0 saturated carbocycles. The Labute approximate surface area is 151 Å². The van der Waals surface area contributed by atoms with Crippen LogP contribution in [0.2, 0.25) is 0 Å². The van der Waals surface area contributed by atoms with Crippen molar-refractivity contribution in [1.82, 2.24) is 19.4 Å². The van der Waals surface area contributed by atoms with Gasteiger partial charge in [0.25, 0.3) is 5.91 Å². The Balaban J connectivity index is 1.69. The molecular formula is C20H23FN4O. The lowest BCUT2D eigenvalue weighted by Crippen LogP contribution is -2.40. The van der Waals surface area contributed by atoms with Gasteiger partial charge in [0.15, 0.2) is 0 Å². The van der Waals surface area contributed by atoms with Gasteiger partial charge in [0, 0.05) is 18.8 Å². The van der Waals surface area contributed by atoms with Gasteiger partial charge in [0.2, 0.25) is 0 Å². The van der Waals surface area contributed by atoms with Gasteiger partial charge in [-0.15, -0.1) is 0 Å². The average molecular weight is 354 g/mol. The number of imidazole rings is 1. The SMILES string of the molecule is CC(C)n1cccc1C(=O)N1CCCCC1c1nc2ccc(F)cc2[nH]1. The lowest BCUT2D eigenvalue weighted by Gasteiger charge is -2.35. The van der Waals surface area contributed by atoms with Gasteiger partial charge in [-0.05, 0) is 63.4 Å². The third kappa shape index (κ3) is 2.89. The van der Waals surface area contributed by atoms with E-state index in [1.807, 2.05) is 27.8 Å². The second-order valence-corrected chi connectivity index (χ2v) is 7.19. The van der Waals surface area contributed by atoms with E-state index in [4.69, 9.17) is 0 Å². The summed E-state index contributed by atoms with van der Waals surface area (Å²) in [4.78, 5) is 23.0. The van der Waals surface area contributed by atoms with Crippen LogP contribution in [-0.4, -0.2) is 31.9 Å². The van der Waals surface area contributed by atoms with Gasteiger partial charge < -0.3 is 14.5 Å². The van der Waals surface area contributed by atoms with Gasteiger partial charge in [-0.3, -0.25) is 4.79 Å². The molecular weight excluding hydrogens is 331 g/mol. The number of piperidine rings is 1. The van der Waals surface area contributed by atoms with Crippen LogP contribution in [0.25, 0.3) is 11.0 Å². The van der Waals surface area contributed by atoms with Gasteiger partial charge in [-0.2, -0.15) is 0 Å². The summed E-state index contributed by atoms with van der Waals surface area (Å²) in [5.74, 6) is 0.473. The molecule has 1 aliphatic heterocycles. The molecule has 1 unspecified atom stereocenters. The molecule has 0 bridgehead atoms. The number of amides is 1. The number of nitrogens with one attached hydrogen (secondary N) is 1. The number of aromatic nitrogens is 3. The zero-order valence-electron chi connectivity index (χ0n) is 15.1. The molecule has 5 nitrogen and oxygen atoms in total. The van der Waals surface area contributed by atoms with Crippen LogP contribution in [0.4, 0.5) is 4.39 Å². The van der Waals surface area contributed by atoms with Crippen LogP contribution in [-0.2, 0) is 0 Å². The van der Waals surface area contributed by atoms with E-state index < -0.39 is 0 Å². The number of carbonyl (C=O) groups excluding carboxylic acids is 1. The summed E-state index contributed by atoms with van der Waals surface area (Å²) in [6.07, 6.45) is 4.84. The molecule has 1 aromatic carbocycles. The van der Waals surface area contributed by atoms with Crippen LogP contribution < -0.4 is 0 Å². The summed E-state index contributed by atoms with van der Waals surface area (Å²) in [7, 11) is 0. The highest BCUT2D eigenvalue weighted by Crippen LogP contribution is 2.32. The summed E-state index contributed by atoms with van der Waals surface area (Å²) in [5, 5.41) is 0. The molecule has 1 saturated heterocycles. The summed E-state index contributed by atoms with van der Waals surface area (Å²) >= 11 is 0. The van der Waals surface area contributed by atoms with Crippen LogP contribution in [0.5, 0.6) is 0 Å². The monoisotopic (exact) mass is 354 g/mol. The number of aromatic amines is 1. The van der Waals surface area contributed by atoms with E-state index in [0.717, 1.165) is 30.6 Å². The number of rotatable bonds is 3. The van der Waals surface area contributed by atoms with Gasteiger partial charge in [-0.25, -0.2) is 9.37 Å². The number of hydrogen-bond donors (Lipinski definition) is 1. The predicted molar refractivity (Wildman–Crippen MR) is 98.5 cm³/mol. The zero-order chi connectivity index (χ0) is 18.3. The first-order chi connectivity index (χ1) is 12.5. The fourth-order valence-corrected chi connectivity index (χ4v) is 3.79. The quantitative estimate of drug-likeness (QED) is 0.755. The van der Waals surface area contributed by atoms with Crippen LogP contribution in [0, 0.1) is 5.82 Å². The summed E-state index contributed by atoms with van der Waals surface area (Å²) in [5.41, 5.74) is 2.10. The van der Waals surface area contributed by atoms with E-state index >= 15 is 0 Å². The second kappa shape index (κ2) is 6.59. The molecule has 4 rings (SSSR count). The number of carbonyl (C=O) groups is 1. The zero-order valence-corrected chi connectivity index (χ0v) is 15.1. The highest BCUT2D eigenvalue weighted by molar-refractivity contribution is 5.93. The van der Waals surface area contributed by atoms with Gasteiger partial charge in [0.1, 0.15) is 17.3 Å². The van der Waals surface area contributed by atoms with Crippen molar-refractivity contribution in [2.75, 3.05) is 6.54 Å². The first-order valence-corrected chi connectivity index (χ1v) is 9.17. The van der Waals surface area contributed by atoms with Gasteiger partial charge in [-0.1, -0.05) is 0 Å². The normalized spacial score (nSPS) is 18.0. The van der Waals surface area contributed by atoms with Crippen molar-refractivity contribution in [1.29, 1.82) is 0 Å². The molecule has 6 heteroatoms. The Morgan fingerprint density at radius 3 is 2.96 bits per heavy atom. The lowest BCUT2D eigenvalue weighted by atomic mass is 10.0. The summed E-state index contributed by atoms with van der Waals surface area (Å²) in [6, 6.07) is 8.43.